The van der Waals surface area contributed by atoms with Crippen LogP contribution in [0.2, 0.25) is 0 Å². The van der Waals surface area contributed by atoms with E-state index in [9.17, 15) is 14.7 Å². The summed E-state index contributed by atoms with van der Waals surface area (Å²) >= 11 is 0. The summed E-state index contributed by atoms with van der Waals surface area (Å²) < 4.78 is 10.9. The Morgan fingerprint density at radius 2 is 1.68 bits per heavy atom. The Bertz CT molecular complexity index is 881. The number of amides is 1. The van der Waals surface area contributed by atoms with E-state index in [0.717, 1.165) is 44.0 Å². The molecule has 2 aromatic carbocycles. The van der Waals surface area contributed by atoms with E-state index in [0.29, 0.717) is 12.8 Å². The van der Waals surface area contributed by atoms with Crippen LogP contribution in [0.1, 0.15) is 35.6 Å². The standard InChI is InChI=1S/C24H28N2O5/c27-23(28)22-11-10-21(26(22)24(29)31-17-19-4-2-1-3-5-19)20-8-6-18(7-9-20)16-25-12-14-30-15-13-25/h1-9,21-22H,10-17H2,(H,27,28)/t21-,22+/m1/s1. The van der Waals surface area contributed by atoms with Crippen molar-refractivity contribution >= 4 is 12.1 Å². The predicted molar refractivity (Wildman–Crippen MR) is 114 cm³/mol. The lowest BCUT2D eigenvalue weighted by molar-refractivity contribution is -0.142. The molecule has 1 amide bonds. The molecule has 164 valence electrons. The van der Waals surface area contributed by atoms with Crippen molar-refractivity contribution in [3.63, 3.8) is 0 Å². The average Bonchev–Trinajstić information content (AvgIpc) is 3.25. The van der Waals surface area contributed by atoms with Gasteiger partial charge in [0.05, 0.1) is 19.3 Å². The fourth-order valence-corrected chi connectivity index (χ4v) is 4.29. The van der Waals surface area contributed by atoms with Crippen molar-refractivity contribution in [1.82, 2.24) is 9.80 Å². The maximum atomic E-state index is 12.9. The number of likely N-dealkylation sites (tertiary alicyclic amines) is 1. The molecule has 0 spiro atoms. The van der Waals surface area contributed by atoms with Crippen molar-refractivity contribution in [3.8, 4) is 0 Å². The third-order valence-electron chi connectivity index (χ3n) is 5.96. The summed E-state index contributed by atoms with van der Waals surface area (Å²) in [5, 5.41) is 9.64. The summed E-state index contributed by atoms with van der Waals surface area (Å²) in [5.74, 6) is -0.997. The second-order valence-electron chi connectivity index (χ2n) is 8.02. The van der Waals surface area contributed by atoms with Gasteiger partial charge in [0.15, 0.2) is 0 Å². The first-order valence-corrected chi connectivity index (χ1v) is 10.7. The van der Waals surface area contributed by atoms with Crippen LogP contribution >= 0.6 is 0 Å². The number of hydrogen-bond acceptors (Lipinski definition) is 5. The van der Waals surface area contributed by atoms with E-state index in [1.807, 2.05) is 42.5 Å². The van der Waals surface area contributed by atoms with Crippen LogP contribution in [0.4, 0.5) is 4.79 Å². The number of rotatable bonds is 6. The van der Waals surface area contributed by atoms with E-state index in [2.05, 4.69) is 17.0 Å². The van der Waals surface area contributed by atoms with Crippen LogP contribution in [-0.2, 0) is 27.4 Å². The van der Waals surface area contributed by atoms with Gasteiger partial charge < -0.3 is 14.6 Å². The Labute approximate surface area is 182 Å². The average molecular weight is 424 g/mol. The molecule has 31 heavy (non-hydrogen) atoms. The smallest absolute Gasteiger partial charge is 0.411 e. The van der Waals surface area contributed by atoms with Gasteiger partial charge in [-0.2, -0.15) is 0 Å². The Balaban J connectivity index is 1.45. The molecule has 0 saturated carbocycles. The molecular formula is C24H28N2O5. The molecule has 7 nitrogen and oxygen atoms in total. The Morgan fingerprint density at radius 3 is 2.35 bits per heavy atom. The molecule has 2 aliphatic rings. The Hall–Kier alpha value is -2.90. The highest BCUT2D eigenvalue weighted by Crippen LogP contribution is 2.37. The minimum atomic E-state index is -0.997. The van der Waals surface area contributed by atoms with Gasteiger partial charge in [0.1, 0.15) is 12.6 Å². The fourth-order valence-electron chi connectivity index (χ4n) is 4.29. The number of carboxylic acid groups (broad SMARTS) is 1. The van der Waals surface area contributed by atoms with E-state index >= 15 is 0 Å². The summed E-state index contributed by atoms with van der Waals surface area (Å²) in [6.07, 6.45) is 0.423. The van der Waals surface area contributed by atoms with Crippen LogP contribution in [0, 0.1) is 0 Å². The first kappa shape index (κ1) is 21.3. The highest BCUT2D eigenvalue weighted by molar-refractivity contribution is 5.81. The molecule has 7 heteroatoms. The van der Waals surface area contributed by atoms with Crippen LogP contribution in [0.3, 0.4) is 0 Å². The normalized spacial score (nSPS) is 21.7. The lowest BCUT2D eigenvalue weighted by Gasteiger charge is -2.28. The van der Waals surface area contributed by atoms with Crippen molar-refractivity contribution in [2.45, 2.75) is 38.1 Å². The van der Waals surface area contributed by atoms with Crippen LogP contribution < -0.4 is 0 Å². The zero-order valence-electron chi connectivity index (χ0n) is 17.5. The summed E-state index contributed by atoms with van der Waals surface area (Å²) in [6.45, 7) is 4.34. The molecule has 0 unspecified atom stereocenters. The summed E-state index contributed by atoms with van der Waals surface area (Å²) in [6, 6.07) is 16.3. The molecule has 2 fully saturated rings. The van der Waals surface area contributed by atoms with E-state index in [1.54, 1.807) is 0 Å². The number of benzene rings is 2. The first-order valence-electron chi connectivity index (χ1n) is 10.7. The van der Waals surface area contributed by atoms with E-state index in [1.165, 1.54) is 10.5 Å². The van der Waals surface area contributed by atoms with Crippen molar-refractivity contribution < 1.29 is 24.2 Å². The molecule has 2 atom stereocenters. The maximum absolute atomic E-state index is 12.9. The zero-order chi connectivity index (χ0) is 21.6. The van der Waals surface area contributed by atoms with Gasteiger partial charge in [-0.05, 0) is 29.5 Å². The topological polar surface area (TPSA) is 79.3 Å². The van der Waals surface area contributed by atoms with Crippen LogP contribution in [-0.4, -0.2) is 59.3 Å². The van der Waals surface area contributed by atoms with Gasteiger partial charge in [-0.1, -0.05) is 54.6 Å². The molecular weight excluding hydrogens is 396 g/mol. The van der Waals surface area contributed by atoms with E-state index in [-0.39, 0.29) is 12.6 Å². The Kier molecular flexibility index (Phi) is 6.84. The predicted octanol–water partition coefficient (Wildman–Crippen LogP) is 3.45. The minimum Gasteiger partial charge on any atom is -0.480 e. The number of ether oxygens (including phenoxy) is 2. The summed E-state index contributed by atoms with van der Waals surface area (Å²) in [4.78, 5) is 28.4. The number of carbonyl (C=O) groups is 2. The second kappa shape index (κ2) is 9.94. The number of carbonyl (C=O) groups excluding carboxylic acids is 1. The van der Waals surface area contributed by atoms with Crippen LogP contribution in [0.25, 0.3) is 0 Å². The summed E-state index contributed by atoms with van der Waals surface area (Å²) in [5.41, 5.74) is 2.99. The molecule has 0 radical (unpaired) electrons. The number of nitrogens with zero attached hydrogens (tertiary/aromatic N) is 2. The molecule has 2 aromatic rings. The van der Waals surface area contributed by atoms with Gasteiger partial charge in [-0.25, -0.2) is 9.59 Å². The van der Waals surface area contributed by atoms with Crippen molar-refractivity contribution in [2.24, 2.45) is 0 Å². The third kappa shape index (κ3) is 5.24. The maximum Gasteiger partial charge on any atom is 0.411 e. The van der Waals surface area contributed by atoms with Crippen LogP contribution in [0.5, 0.6) is 0 Å². The number of hydrogen-bond donors (Lipinski definition) is 1. The molecule has 2 saturated heterocycles. The largest absolute Gasteiger partial charge is 0.480 e. The van der Waals surface area contributed by atoms with Gasteiger partial charge >= 0.3 is 12.1 Å². The van der Waals surface area contributed by atoms with Gasteiger partial charge in [0.25, 0.3) is 0 Å². The first-order chi connectivity index (χ1) is 15.1. The molecule has 2 heterocycles. The zero-order valence-corrected chi connectivity index (χ0v) is 17.5. The number of aliphatic carboxylic acids is 1. The molecule has 2 aliphatic heterocycles. The molecule has 4 rings (SSSR count). The highest BCUT2D eigenvalue weighted by Gasteiger charge is 2.42. The third-order valence-corrected chi connectivity index (χ3v) is 5.96. The lowest BCUT2D eigenvalue weighted by atomic mass is 10.0. The van der Waals surface area contributed by atoms with Crippen LogP contribution in [0.15, 0.2) is 54.6 Å². The second-order valence-corrected chi connectivity index (χ2v) is 8.02. The van der Waals surface area contributed by atoms with Gasteiger partial charge in [0, 0.05) is 19.6 Å². The molecule has 0 aromatic heterocycles. The monoisotopic (exact) mass is 424 g/mol. The fraction of sp³-hybridized carbons (Fsp3) is 0.417. The molecule has 0 bridgehead atoms. The van der Waals surface area contributed by atoms with Gasteiger partial charge in [-0.15, -0.1) is 0 Å². The van der Waals surface area contributed by atoms with E-state index in [4.69, 9.17) is 9.47 Å². The van der Waals surface area contributed by atoms with Crippen molar-refractivity contribution in [1.29, 1.82) is 0 Å². The highest BCUT2D eigenvalue weighted by atomic mass is 16.6. The lowest BCUT2D eigenvalue weighted by Crippen LogP contribution is -2.42. The SMILES string of the molecule is O=C(O)[C@@H]1CC[C@H](c2ccc(CN3CCOCC3)cc2)N1C(=O)OCc1ccccc1. The van der Waals surface area contributed by atoms with Gasteiger partial charge in [0.2, 0.25) is 0 Å². The number of carboxylic acids is 1. The minimum absolute atomic E-state index is 0.119. The quantitative estimate of drug-likeness (QED) is 0.765. The number of morpholine rings is 1. The molecule has 1 N–H and O–H groups in total. The summed E-state index contributed by atoms with van der Waals surface area (Å²) in [7, 11) is 0. The molecule has 0 aliphatic carbocycles. The van der Waals surface area contributed by atoms with E-state index < -0.39 is 18.1 Å². The van der Waals surface area contributed by atoms with Gasteiger partial charge in [-0.3, -0.25) is 9.80 Å². The Morgan fingerprint density at radius 1 is 0.968 bits per heavy atom. The van der Waals surface area contributed by atoms with Crippen molar-refractivity contribution in [3.05, 3.63) is 71.3 Å². The van der Waals surface area contributed by atoms with Crippen molar-refractivity contribution in [2.75, 3.05) is 26.3 Å².